The maximum atomic E-state index is 12.4. The minimum absolute atomic E-state index is 0.182. The summed E-state index contributed by atoms with van der Waals surface area (Å²) in [6.45, 7) is 0. The Balaban J connectivity index is 1.34. The Morgan fingerprint density at radius 1 is 1.21 bits per heavy atom. The van der Waals surface area contributed by atoms with Gasteiger partial charge in [-0.1, -0.05) is 0 Å². The molecule has 0 unspecified atom stereocenters. The summed E-state index contributed by atoms with van der Waals surface area (Å²) in [7, 11) is 0. The van der Waals surface area contributed by atoms with Gasteiger partial charge in [-0.2, -0.15) is 5.10 Å². The number of pyridine rings is 1. The first-order valence-electron chi connectivity index (χ1n) is 9.31. The lowest BCUT2D eigenvalue weighted by Gasteiger charge is -2.04. The van der Waals surface area contributed by atoms with E-state index in [1.165, 1.54) is 18.9 Å². The normalized spacial score (nSPS) is 14.0. The second-order valence-corrected chi connectivity index (χ2v) is 7.01. The zero-order chi connectivity index (χ0) is 18.9. The standard InChI is InChI=1S/C22H19N5O/c28-22(26-18-2-5-21-15(11-18)7-10-24-21)6-1-16-12-23-9-8-20(16)17-13-25-27(14-17)19-3-4-19/h1-2,5-14,19,24H,3-4H2,(H,26,28)/b6-1+. The third-order valence-electron chi connectivity index (χ3n) is 4.92. The Morgan fingerprint density at radius 2 is 2.14 bits per heavy atom. The molecule has 1 aliphatic rings. The van der Waals surface area contributed by atoms with E-state index in [-0.39, 0.29) is 5.91 Å². The van der Waals surface area contributed by atoms with Crippen molar-refractivity contribution >= 4 is 28.6 Å². The van der Waals surface area contributed by atoms with Crippen molar-refractivity contribution in [3.8, 4) is 11.1 Å². The highest BCUT2D eigenvalue weighted by Crippen LogP contribution is 2.35. The first kappa shape index (κ1) is 16.5. The van der Waals surface area contributed by atoms with E-state index < -0.39 is 0 Å². The molecular weight excluding hydrogens is 350 g/mol. The molecule has 1 amide bonds. The average Bonchev–Trinajstić information content (AvgIpc) is 3.26. The van der Waals surface area contributed by atoms with Gasteiger partial charge in [0.2, 0.25) is 5.91 Å². The fourth-order valence-corrected chi connectivity index (χ4v) is 3.30. The highest BCUT2D eigenvalue weighted by atomic mass is 16.1. The summed E-state index contributed by atoms with van der Waals surface area (Å²) < 4.78 is 2.02. The van der Waals surface area contributed by atoms with Gasteiger partial charge in [0.1, 0.15) is 0 Å². The number of rotatable bonds is 5. The zero-order valence-corrected chi connectivity index (χ0v) is 15.2. The van der Waals surface area contributed by atoms with E-state index in [0.29, 0.717) is 6.04 Å². The highest BCUT2D eigenvalue weighted by Gasteiger charge is 2.24. The summed E-state index contributed by atoms with van der Waals surface area (Å²) >= 11 is 0. The lowest BCUT2D eigenvalue weighted by Crippen LogP contribution is -2.07. The minimum atomic E-state index is -0.182. The van der Waals surface area contributed by atoms with Gasteiger partial charge in [-0.3, -0.25) is 14.5 Å². The summed E-state index contributed by atoms with van der Waals surface area (Å²) in [4.78, 5) is 19.7. The van der Waals surface area contributed by atoms with Crippen molar-refractivity contribution in [2.24, 2.45) is 0 Å². The second-order valence-electron chi connectivity index (χ2n) is 7.01. The monoisotopic (exact) mass is 369 g/mol. The number of benzene rings is 1. The first-order valence-corrected chi connectivity index (χ1v) is 9.31. The van der Waals surface area contributed by atoms with Crippen LogP contribution in [0.25, 0.3) is 28.1 Å². The number of hydrogen-bond donors (Lipinski definition) is 2. The molecule has 28 heavy (non-hydrogen) atoms. The van der Waals surface area contributed by atoms with Crippen LogP contribution in [0.2, 0.25) is 0 Å². The van der Waals surface area contributed by atoms with Crippen LogP contribution in [0.4, 0.5) is 5.69 Å². The van der Waals surface area contributed by atoms with Gasteiger partial charge in [0.05, 0.1) is 12.2 Å². The van der Waals surface area contributed by atoms with Crippen LogP contribution in [-0.4, -0.2) is 25.7 Å². The first-order chi connectivity index (χ1) is 13.8. The third kappa shape index (κ3) is 3.32. The third-order valence-corrected chi connectivity index (χ3v) is 4.92. The molecule has 0 atom stereocenters. The molecule has 0 radical (unpaired) electrons. The molecule has 1 saturated carbocycles. The van der Waals surface area contributed by atoms with Gasteiger partial charge in [-0.15, -0.1) is 0 Å². The van der Waals surface area contributed by atoms with E-state index in [2.05, 4.69) is 26.6 Å². The number of aromatic nitrogens is 4. The fourth-order valence-electron chi connectivity index (χ4n) is 3.30. The van der Waals surface area contributed by atoms with Gasteiger partial charge in [0.25, 0.3) is 0 Å². The fraction of sp³-hybridized carbons (Fsp3) is 0.136. The molecular formula is C22H19N5O. The summed E-state index contributed by atoms with van der Waals surface area (Å²) in [5.74, 6) is -0.182. The van der Waals surface area contributed by atoms with Crippen LogP contribution in [0.5, 0.6) is 0 Å². The van der Waals surface area contributed by atoms with E-state index in [1.807, 2.05) is 47.4 Å². The molecule has 6 heteroatoms. The van der Waals surface area contributed by atoms with E-state index >= 15 is 0 Å². The molecule has 1 aliphatic carbocycles. The Labute approximate surface area is 161 Å². The van der Waals surface area contributed by atoms with Gasteiger partial charge in [-0.25, -0.2) is 0 Å². The van der Waals surface area contributed by atoms with Crippen LogP contribution < -0.4 is 5.32 Å². The van der Waals surface area contributed by atoms with Crippen LogP contribution >= 0.6 is 0 Å². The highest BCUT2D eigenvalue weighted by molar-refractivity contribution is 6.03. The van der Waals surface area contributed by atoms with Crippen LogP contribution in [0.1, 0.15) is 24.4 Å². The molecule has 3 aromatic heterocycles. The number of H-pyrrole nitrogens is 1. The Hall–Kier alpha value is -3.67. The van der Waals surface area contributed by atoms with E-state index in [1.54, 1.807) is 18.5 Å². The smallest absolute Gasteiger partial charge is 0.248 e. The maximum absolute atomic E-state index is 12.4. The van der Waals surface area contributed by atoms with E-state index in [4.69, 9.17) is 0 Å². The molecule has 0 spiro atoms. The van der Waals surface area contributed by atoms with Crippen molar-refractivity contribution in [2.75, 3.05) is 5.32 Å². The summed E-state index contributed by atoms with van der Waals surface area (Å²) in [5.41, 5.74) is 4.74. The molecule has 0 bridgehead atoms. The van der Waals surface area contributed by atoms with Crippen molar-refractivity contribution < 1.29 is 4.79 Å². The van der Waals surface area contributed by atoms with Crippen LogP contribution in [0.3, 0.4) is 0 Å². The van der Waals surface area contributed by atoms with Crippen molar-refractivity contribution in [2.45, 2.75) is 18.9 Å². The predicted octanol–water partition coefficient (Wildman–Crippen LogP) is 4.41. The molecule has 0 saturated heterocycles. The van der Waals surface area contributed by atoms with Gasteiger partial charge in [0.15, 0.2) is 0 Å². The number of anilines is 1. The molecule has 2 N–H and O–H groups in total. The SMILES string of the molecule is O=C(/C=C/c1cnccc1-c1cnn(C2CC2)c1)Nc1ccc2[nH]ccc2c1. The lowest BCUT2D eigenvalue weighted by molar-refractivity contribution is -0.111. The van der Waals surface area contributed by atoms with E-state index in [0.717, 1.165) is 33.3 Å². The van der Waals surface area contributed by atoms with Gasteiger partial charge < -0.3 is 10.3 Å². The zero-order valence-electron chi connectivity index (χ0n) is 15.2. The summed E-state index contributed by atoms with van der Waals surface area (Å²) in [6, 6.07) is 10.2. The number of hydrogen-bond acceptors (Lipinski definition) is 3. The Bertz CT molecular complexity index is 1180. The van der Waals surface area contributed by atoms with Gasteiger partial charge in [0, 0.05) is 58.6 Å². The number of carbonyl (C=O) groups is 1. The molecule has 3 heterocycles. The molecule has 5 rings (SSSR count). The van der Waals surface area contributed by atoms with Crippen molar-refractivity contribution in [1.29, 1.82) is 0 Å². The summed E-state index contributed by atoms with van der Waals surface area (Å²) in [6.07, 6.45) is 15.1. The van der Waals surface area contributed by atoms with Crippen LogP contribution in [0.15, 0.2) is 67.4 Å². The number of nitrogens with one attached hydrogen (secondary N) is 2. The molecule has 4 aromatic rings. The molecule has 1 aromatic carbocycles. The number of fused-ring (bicyclic) bond motifs is 1. The van der Waals surface area contributed by atoms with Crippen LogP contribution in [0, 0.1) is 0 Å². The quantitative estimate of drug-likeness (QED) is 0.512. The van der Waals surface area contributed by atoms with E-state index in [9.17, 15) is 4.79 Å². The van der Waals surface area contributed by atoms with Crippen molar-refractivity contribution in [1.82, 2.24) is 19.7 Å². The van der Waals surface area contributed by atoms with Gasteiger partial charge in [-0.05, 0) is 54.8 Å². The number of nitrogens with zero attached hydrogens (tertiary/aromatic N) is 3. The molecule has 138 valence electrons. The van der Waals surface area contributed by atoms with Gasteiger partial charge >= 0.3 is 0 Å². The molecule has 6 nitrogen and oxygen atoms in total. The maximum Gasteiger partial charge on any atom is 0.248 e. The molecule has 0 aliphatic heterocycles. The lowest BCUT2D eigenvalue weighted by atomic mass is 10.0. The Kier molecular flexibility index (Phi) is 4.01. The molecule has 1 fully saturated rings. The largest absolute Gasteiger partial charge is 0.361 e. The average molecular weight is 369 g/mol. The predicted molar refractivity (Wildman–Crippen MR) is 110 cm³/mol. The minimum Gasteiger partial charge on any atom is -0.361 e. The topological polar surface area (TPSA) is 75.6 Å². The van der Waals surface area contributed by atoms with Crippen molar-refractivity contribution in [3.05, 3.63) is 73.0 Å². The van der Waals surface area contributed by atoms with Crippen molar-refractivity contribution in [3.63, 3.8) is 0 Å². The number of amides is 1. The Morgan fingerprint density at radius 3 is 3.04 bits per heavy atom. The second kappa shape index (κ2) is 6.81. The number of aromatic amines is 1. The van der Waals surface area contributed by atoms with Crippen LogP contribution in [-0.2, 0) is 4.79 Å². The summed E-state index contributed by atoms with van der Waals surface area (Å²) in [5, 5.41) is 8.42. The number of carbonyl (C=O) groups excluding carboxylic acids is 1.